The van der Waals surface area contributed by atoms with Gasteiger partial charge in [-0.3, -0.25) is 4.57 Å². The first-order valence-corrected chi connectivity index (χ1v) is 7.58. The maximum Gasteiger partial charge on any atom is 0.343 e. The zero-order valence-electron chi connectivity index (χ0n) is 10.3. The molecule has 0 fully saturated rings. The molecule has 0 amide bonds. The van der Waals surface area contributed by atoms with E-state index in [4.69, 9.17) is 23.2 Å². The normalized spacial score (nSPS) is 10.9. The molecule has 7 heteroatoms. The van der Waals surface area contributed by atoms with Crippen LogP contribution in [-0.4, -0.2) is 14.8 Å². The van der Waals surface area contributed by atoms with Gasteiger partial charge in [0.2, 0.25) is 0 Å². The summed E-state index contributed by atoms with van der Waals surface area (Å²) >= 11 is 13.7. The third-order valence-corrected chi connectivity index (χ3v) is 4.29. The van der Waals surface area contributed by atoms with Gasteiger partial charge in [-0.25, -0.2) is 9.89 Å². The summed E-state index contributed by atoms with van der Waals surface area (Å²) in [5.74, 6) is 0.576. The average Bonchev–Trinajstić information content (AvgIpc) is 2.71. The van der Waals surface area contributed by atoms with Gasteiger partial charge in [0.05, 0.1) is 0 Å². The van der Waals surface area contributed by atoms with Crippen molar-refractivity contribution < 1.29 is 0 Å². The highest BCUT2D eigenvalue weighted by Gasteiger charge is 2.11. The number of aromatic nitrogens is 3. The van der Waals surface area contributed by atoms with Gasteiger partial charge in [0, 0.05) is 22.3 Å². The van der Waals surface area contributed by atoms with Crippen LogP contribution in [0.5, 0.6) is 0 Å². The molecule has 0 saturated heterocycles. The number of H-pyrrole nitrogens is 1. The topological polar surface area (TPSA) is 50.7 Å². The Kier molecular flexibility index (Phi) is 4.96. The first-order chi connectivity index (χ1) is 9.13. The van der Waals surface area contributed by atoms with Crippen LogP contribution < -0.4 is 5.69 Å². The highest BCUT2D eigenvalue weighted by molar-refractivity contribution is 7.98. The number of halogens is 2. The molecule has 4 nitrogen and oxygen atoms in total. The minimum atomic E-state index is -0.186. The fourth-order valence-corrected chi connectivity index (χ4v) is 3.36. The molecule has 0 spiro atoms. The molecule has 1 heterocycles. The molecule has 2 rings (SSSR count). The SMILES string of the molecule is CCCn1c(SCc2c(Cl)cccc2Cl)n[nH]c1=O. The average molecular weight is 318 g/mol. The third-order valence-electron chi connectivity index (χ3n) is 2.58. The van der Waals surface area contributed by atoms with E-state index >= 15 is 0 Å². The predicted octanol–water partition coefficient (Wildman–Crippen LogP) is 3.58. The Hall–Kier alpha value is -0.910. The Labute approximate surface area is 125 Å². The van der Waals surface area contributed by atoms with Gasteiger partial charge in [0.25, 0.3) is 0 Å². The molecule has 19 heavy (non-hydrogen) atoms. The summed E-state index contributed by atoms with van der Waals surface area (Å²) in [5, 5.41) is 8.37. The van der Waals surface area contributed by atoms with Crippen LogP contribution in [0, 0.1) is 0 Å². The quantitative estimate of drug-likeness (QED) is 0.857. The van der Waals surface area contributed by atoms with Crippen LogP contribution in [0.15, 0.2) is 28.2 Å². The lowest BCUT2D eigenvalue weighted by Crippen LogP contribution is -2.17. The first-order valence-electron chi connectivity index (χ1n) is 5.84. The molecular weight excluding hydrogens is 305 g/mol. The molecule has 0 saturated carbocycles. The summed E-state index contributed by atoms with van der Waals surface area (Å²) in [5.41, 5.74) is 0.670. The van der Waals surface area contributed by atoms with Crippen LogP contribution in [-0.2, 0) is 12.3 Å². The second-order valence-corrected chi connectivity index (χ2v) is 5.71. The summed E-state index contributed by atoms with van der Waals surface area (Å²) in [6.45, 7) is 2.66. The number of nitrogens with one attached hydrogen (secondary N) is 1. The van der Waals surface area contributed by atoms with Crippen LogP contribution in [0.2, 0.25) is 10.0 Å². The van der Waals surface area contributed by atoms with Crippen LogP contribution in [0.25, 0.3) is 0 Å². The van der Waals surface area contributed by atoms with Gasteiger partial charge in [-0.1, -0.05) is 48.0 Å². The van der Waals surface area contributed by atoms with Crippen LogP contribution >= 0.6 is 35.0 Å². The largest absolute Gasteiger partial charge is 0.343 e. The minimum absolute atomic E-state index is 0.186. The van der Waals surface area contributed by atoms with E-state index in [1.54, 1.807) is 22.8 Å². The smallest absolute Gasteiger partial charge is 0.270 e. The predicted molar refractivity (Wildman–Crippen MR) is 79.2 cm³/mol. The molecule has 1 aromatic carbocycles. The summed E-state index contributed by atoms with van der Waals surface area (Å²) in [7, 11) is 0. The van der Waals surface area contributed by atoms with Gasteiger partial charge in [0.15, 0.2) is 5.16 Å². The zero-order chi connectivity index (χ0) is 13.8. The number of nitrogens with zero attached hydrogens (tertiary/aromatic N) is 2. The number of rotatable bonds is 5. The first kappa shape index (κ1) is 14.5. The fraction of sp³-hybridized carbons (Fsp3) is 0.333. The molecular formula is C12H13Cl2N3OS. The summed E-state index contributed by atoms with van der Waals surface area (Å²) in [4.78, 5) is 11.6. The Morgan fingerprint density at radius 2 is 2.05 bits per heavy atom. The molecule has 0 bridgehead atoms. The molecule has 0 aliphatic rings. The van der Waals surface area contributed by atoms with E-state index in [-0.39, 0.29) is 5.69 Å². The van der Waals surface area contributed by atoms with Crippen molar-refractivity contribution in [2.75, 3.05) is 0 Å². The van der Waals surface area contributed by atoms with Crippen molar-refractivity contribution in [3.63, 3.8) is 0 Å². The highest BCUT2D eigenvalue weighted by Crippen LogP contribution is 2.30. The van der Waals surface area contributed by atoms with Gasteiger partial charge in [0.1, 0.15) is 0 Å². The van der Waals surface area contributed by atoms with Gasteiger partial charge in [-0.15, -0.1) is 5.10 Å². The van der Waals surface area contributed by atoms with Crippen molar-refractivity contribution >= 4 is 35.0 Å². The minimum Gasteiger partial charge on any atom is -0.270 e. The Morgan fingerprint density at radius 3 is 2.68 bits per heavy atom. The molecule has 1 N–H and O–H groups in total. The van der Waals surface area contributed by atoms with E-state index in [0.717, 1.165) is 12.0 Å². The van der Waals surface area contributed by atoms with Crippen LogP contribution in [0.4, 0.5) is 0 Å². The molecule has 0 radical (unpaired) electrons. The van der Waals surface area contributed by atoms with Crippen molar-refractivity contribution in [3.05, 3.63) is 44.3 Å². The number of hydrogen-bond acceptors (Lipinski definition) is 3. The standard InChI is InChI=1S/C12H13Cl2N3OS/c1-2-6-17-11(18)15-16-12(17)19-7-8-9(13)4-3-5-10(8)14/h3-5H,2,6-7H2,1H3,(H,15,18). The van der Waals surface area contributed by atoms with E-state index in [2.05, 4.69) is 10.2 Å². The lowest BCUT2D eigenvalue weighted by atomic mass is 10.2. The van der Waals surface area contributed by atoms with E-state index in [9.17, 15) is 4.79 Å². The van der Waals surface area contributed by atoms with Crippen molar-refractivity contribution in [2.45, 2.75) is 30.8 Å². The molecule has 2 aromatic rings. The second-order valence-electron chi connectivity index (χ2n) is 3.95. The molecule has 0 aliphatic carbocycles. The summed E-state index contributed by atoms with van der Waals surface area (Å²) in [6.07, 6.45) is 0.875. The Bertz CT molecular complexity index is 603. The maximum absolute atomic E-state index is 11.6. The lowest BCUT2D eigenvalue weighted by Gasteiger charge is -2.07. The molecule has 0 atom stereocenters. The van der Waals surface area contributed by atoms with E-state index < -0.39 is 0 Å². The summed E-state index contributed by atoms with van der Waals surface area (Å²) in [6, 6.07) is 5.40. The van der Waals surface area contributed by atoms with Crippen LogP contribution in [0.3, 0.4) is 0 Å². The number of aromatic amines is 1. The fourth-order valence-electron chi connectivity index (χ4n) is 1.64. The van der Waals surface area contributed by atoms with Gasteiger partial charge in [-0.05, 0) is 24.1 Å². The van der Waals surface area contributed by atoms with Gasteiger partial charge < -0.3 is 0 Å². The Morgan fingerprint density at radius 1 is 1.37 bits per heavy atom. The number of thioether (sulfide) groups is 1. The lowest BCUT2D eigenvalue weighted by molar-refractivity contribution is 0.604. The molecule has 102 valence electrons. The van der Waals surface area contributed by atoms with Crippen molar-refractivity contribution in [3.8, 4) is 0 Å². The van der Waals surface area contributed by atoms with Gasteiger partial charge in [-0.2, -0.15) is 0 Å². The molecule has 0 unspecified atom stereocenters. The van der Waals surface area contributed by atoms with Crippen molar-refractivity contribution in [1.29, 1.82) is 0 Å². The number of benzene rings is 1. The molecule has 0 aliphatic heterocycles. The second kappa shape index (κ2) is 6.50. The van der Waals surface area contributed by atoms with E-state index in [1.807, 2.05) is 6.92 Å². The van der Waals surface area contributed by atoms with E-state index in [0.29, 0.717) is 27.5 Å². The van der Waals surface area contributed by atoms with Crippen molar-refractivity contribution in [2.24, 2.45) is 0 Å². The third kappa shape index (κ3) is 3.35. The van der Waals surface area contributed by atoms with Crippen LogP contribution in [0.1, 0.15) is 18.9 Å². The Balaban J connectivity index is 2.17. The monoisotopic (exact) mass is 317 g/mol. The van der Waals surface area contributed by atoms with Gasteiger partial charge >= 0.3 is 5.69 Å². The highest BCUT2D eigenvalue weighted by atomic mass is 35.5. The summed E-state index contributed by atoms with van der Waals surface area (Å²) < 4.78 is 1.62. The maximum atomic E-state index is 11.6. The van der Waals surface area contributed by atoms with E-state index in [1.165, 1.54) is 11.8 Å². The molecule has 1 aromatic heterocycles. The zero-order valence-corrected chi connectivity index (χ0v) is 12.6. The van der Waals surface area contributed by atoms with Crippen molar-refractivity contribution in [1.82, 2.24) is 14.8 Å². The number of hydrogen-bond donors (Lipinski definition) is 1.